The predicted octanol–water partition coefficient (Wildman–Crippen LogP) is -4.08. The van der Waals surface area contributed by atoms with Crippen LogP contribution in [0.1, 0.15) is 25.5 Å². The first-order valence-electron chi connectivity index (χ1n) is 18.0. The summed E-state index contributed by atoms with van der Waals surface area (Å²) in [5.41, 5.74) is -1.74. The van der Waals surface area contributed by atoms with Crippen LogP contribution < -0.4 is 21.9 Å². The third-order valence-corrected chi connectivity index (χ3v) is 11.8. The van der Waals surface area contributed by atoms with Gasteiger partial charge in [0.05, 0.1) is 26.4 Å². The summed E-state index contributed by atoms with van der Waals surface area (Å²) in [6.45, 7) is -2.23. The minimum absolute atomic E-state index is 0.0856. The van der Waals surface area contributed by atoms with Crippen LogP contribution >= 0.6 is 15.6 Å². The van der Waals surface area contributed by atoms with Gasteiger partial charge in [-0.05, 0) is 12.8 Å². The van der Waals surface area contributed by atoms with Crippen molar-refractivity contribution in [1.82, 2.24) is 20.2 Å². The van der Waals surface area contributed by atoms with Crippen LogP contribution in [0.5, 0.6) is 0 Å². The summed E-state index contributed by atoms with van der Waals surface area (Å²) >= 11 is 0. The summed E-state index contributed by atoms with van der Waals surface area (Å²) in [6, 6.07) is -0.845. The van der Waals surface area contributed by atoms with E-state index in [9.17, 15) is 53.8 Å². The summed E-state index contributed by atoms with van der Waals surface area (Å²) in [5, 5.41) is 74.6. The third-order valence-electron chi connectivity index (χ3n) is 8.34. The third kappa shape index (κ3) is 15.3. The molecule has 1 aromatic rings. The largest absolute Gasteiger partial charge is 0.485 e. The Morgan fingerprint density at radius 2 is 1.53 bits per heavy atom. The van der Waals surface area contributed by atoms with Crippen LogP contribution in [0, 0.1) is 0 Å². The number of aromatic amines is 1. The van der Waals surface area contributed by atoms with E-state index in [1.54, 1.807) is 0 Å². The van der Waals surface area contributed by atoms with E-state index in [2.05, 4.69) is 10.6 Å². The standard InChI is InChI=1S/C30H52N4O23P2/c1-48-58(46,52-16-19-24(41)26(43)27(54-19)34-8-6-21(39)33-29(34)44)57-59(47,49-2)56-28-22(25(42)23(40)18(13-37)55-28)32-20(38)5-7-31-30(45)53-17(14-50-11-3-9-35)15-51-12-4-10-36/h6,8,17-19,22-28,35-37,40-43H,3-5,7,9-16H2,1-2H3,(H,31,45)(H,32,38)(H,33,39,44)/t18?,19?,22?,23-,24?,25+,26?,27?,28-,58?,59?/m0/s1. The highest BCUT2D eigenvalue weighted by Crippen LogP contribution is 2.66. The van der Waals surface area contributed by atoms with Crippen LogP contribution in [-0.4, -0.2) is 186 Å². The summed E-state index contributed by atoms with van der Waals surface area (Å²) in [5.74, 6) is -0.906. The smallest absolute Gasteiger partial charge is 0.441 e. The molecule has 0 radical (unpaired) electrons. The van der Waals surface area contributed by atoms with Crippen LogP contribution in [0.2, 0.25) is 0 Å². The highest BCUT2D eigenvalue weighted by molar-refractivity contribution is 7.62. The van der Waals surface area contributed by atoms with Crippen LogP contribution in [0.4, 0.5) is 4.79 Å². The Balaban J connectivity index is 1.63. The lowest BCUT2D eigenvalue weighted by molar-refractivity contribution is -0.248. The number of aliphatic hydroxyl groups excluding tert-OH is 7. The molecule has 2 aliphatic rings. The zero-order valence-corrected chi connectivity index (χ0v) is 33.7. The van der Waals surface area contributed by atoms with Gasteiger partial charge in [0.15, 0.2) is 18.6 Å². The number of carbonyl (C=O) groups is 2. The Kier molecular flexibility index (Phi) is 21.1. The minimum Gasteiger partial charge on any atom is -0.441 e. The van der Waals surface area contributed by atoms with E-state index in [-0.39, 0.29) is 46.2 Å². The lowest BCUT2D eigenvalue weighted by Gasteiger charge is -2.42. The summed E-state index contributed by atoms with van der Waals surface area (Å²) in [6.07, 6.45) is -14.8. The number of alkyl carbamates (subject to hydrolysis) is 1. The van der Waals surface area contributed by atoms with Gasteiger partial charge in [-0.1, -0.05) is 0 Å². The van der Waals surface area contributed by atoms with Crippen molar-refractivity contribution < 1.29 is 101 Å². The number of hydrogen-bond donors (Lipinski definition) is 10. The first-order valence-corrected chi connectivity index (χ1v) is 20.9. The first-order chi connectivity index (χ1) is 28.0. The zero-order valence-electron chi connectivity index (χ0n) is 31.9. The quantitative estimate of drug-likeness (QED) is 0.0312. The lowest BCUT2D eigenvalue weighted by atomic mass is 9.97. The van der Waals surface area contributed by atoms with Gasteiger partial charge in [0, 0.05) is 65.9 Å². The second-order valence-electron chi connectivity index (χ2n) is 12.6. The van der Waals surface area contributed by atoms with Crippen molar-refractivity contribution in [3.63, 3.8) is 0 Å². The van der Waals surface area contributed by atoms with Gasteiger partial charge in [0.1, 0.15) is 42.7 Å². The molecule has 0 spiro atoms. The molecule has 0 bridgehead atoms. The van der Waals surface area contributed by atoms with E-state index < -0.39 is 120 Å². The average Bonchev–Trinajstić information content (AvgIpc) is 3.48. The molecule has 2 aliphatic heterocycles. The number of nitrogens with zero attached hydrogens (tertiary/aromatic N) is 1. The topological polar surface area (TPSA) is 381 Å². The van der Waals surface area contributed by atoms with Crippen molar-refractivity contribution in [2.24, 2.45) is 0 Å². The van der Waals surface area contributed by atoms with Gasteiger partial charge < -0.3 is 70.1 Å². The second kappa shape index (κ2) is 24.6. The van der Waals surface area contributed by atoms with Crippen molar-refractivity contribution in [1.29, 1.82) is 0 Å². The summed E-state index contributed by atoms with van der Waals surface area (Å²) in [4.78, 5) is 51.0. The Labute approximate surface area is 335 Å². The van der Waals surface area contributed by atoms with Gasteiger partial charge in [-0.3, -0.25) is 37.2 Å². The molecule has 340 valence electrons. The molecule has 8 unspecified atom stereocenters. The van der Waals surface area contributed by atoms with Crippen LogP contribution in [0.15, 0.2) is 21.9 Å². The fraction of sp³-hybridized carbons (Fsp3) is 0.800. The molecule has 10 N–H and O–H groups in total. The maximum Gasteiger partial charge on any atom is 0.485 e. The van der Waals surface area contributed by atoms with E-state index in [1.807, 2.05) is 4.98 Å². The number of hydrogen-bond acceptors (Lipinski definition) is 23. The van der Waals surface area contributed by atoms with Crippen molar-refractivity contribution >= 4 is 27.6 Å². The van der Waals surface area contributed by atoms with E-state index >= 15 is 0 Å². The van der Waals surface area contributed by atoms with E-state index in [0.29, 0.717) is 12.8 Å². The van der Waals surface area contributed by atoms with Crippen molar-refractivity contribution in [2.45, 2.75) is 80.5 Å². The maximum absolute atomic E-state index is 13.7. The maximum atomic E-state index is 13.7. The first kappa shape index (κ1) is 50.6. The average molecular weight is 899 g/mol. The number of phosphoric acid groups is 2. The predicted molar refractivity (Wildman–Crippen MR) is 192 cm³/mol. The molecule has 3 rings (SSSR count). The SMILES string of the molecule is COP(=O)(OCC1OC(n2ccc(=O)[nH]c2=O)C(O)C1O)OP(=O)(OC)O[C@@H]1OC(CO)[C@H](O)[C@H](O)C1NC(=O)CCNC(=O)OC(COCCCO)COCCCO. The molecule has 2 fully saturated rings. The molecule has 11 atom stereocenters. The normalized spacial score (nSPS) is 27.9. The molecule has 0 aliphatic carbocycles. The number of carbonyl (C=O) groups excluding carboxylic acids is 2. The summed E-state index contributed by atoms with van der Waals surface area (Å²) in [7, 11) is -8.73. The fourth-order valence-electron chi connectivity index (χ4n) is 5.28. The highest BCUT2D eigenvalue weighted by atomic mass is 31.3. The molecule has 2 saturated heterocycles. The number of H-pyrrole nitrogens is 1. The van der Waals surface area contributed by atoms with E-state index in [0.717, 1.165) is 31.0 Å². The van der Waals surface area contributed by atoms with Crippen LogP contribution in [0.3, 0.4) is 0 Å². The Bertz CT molecular complexity index is 1660. The van der Waals surface area contributed by atoms with Crippen molar-refractivity contribution in [3.05, 3.63) is 33.1 Å². The highest BCUT2D eigenvalue weighted by Gasteiger charge is 2.51. The second-order valence-corrected chi connectivity index (χ2v) is 16.3. The van der Waals surface area contributed by atoms with E-state index in [4.69, 9.17) is 56.3 Å². The molecule has 1 aromatic heterocycles. The molecule has 29 heteroatoms. The molecule has 0 saturated carbocycles. The Morgan fingerprint density at radius 3 is 2.10 bits per heavy atom. The molecule has 3 heterocycles. The van der Waals surface area contributed by atoms with Crippen molar-refractivity contribution in [3.8, 4) is 0 Å². The van der Waals surface area contributed by atoms with Crippen LogP contribution in [-0.2, 0) is 60.0 Å². The molecular formula is C30H52N4O23P2. The molecule has 59 heavy (non-hydrogen) atoms. The van der Waals surface area contributed by atoms with E-state index in [1.165, 1.54) is 0 Å². The number of aliphatic hydroxyl groups is 7. The lowest BCUT2D eigenvalue weighted by Crippen LogP contribution is -2.64. The molecular weight excluding hydrogens is 846 g/mol. The van der Waals surface area contributed by atoms with Gasteiger partial charge in [-0.2, -0.15) is 4.31 Å². The van der Waals surface area contributed by atoms with Gasteiger partial charge >= 0.3 is 27.4 Å². The number of phosphoric ester groups is 2. The molecule has 27 nitrogen and oxygen atoms in total. The number of rotatable bonds is 26. The molecule has 2 amide bonds. The molecule has 0 aromatic carbocycles. The summed E-state index contributed by atoms with van der Waals surface area (Å²) < 4.78 is 79.8. The number of amides is 2. The Hall–Kier alpha value is -2.76. The number of ether oxygens (including phenoxy) is 5. The van der Waals surface area contributed by atoms with Gasteiger partial charge in [0.2, 0.25) is 5.91 Å². The number of nitrogens with one attached hydrogen (secondary N) is 3. The van der Waals surface area contributed by atoms with Crippen LogP contribution in [0.25, 0.3) is 0 Å². The zero-order chi connectivity index (χ0) is 43.8. The Morgan fingerprint density at radius 1 is 0.898 bits per heavy atom. The minimum atomic E-state index is -5.22. The van der Waals surface area contributed by atoms with Gasteiger partial charge in [-0.15, -0.1) is 0 Å². The van der Waals surface area contributed by atoms with Gasteiger partial charge in [-0.25, -0.2) is 18.7 Å². The monoisotopic (exact) mass is 898 g/mol. The van der Waals surface area contributed by atoms with Crippen molar-refractivity contribution in [2.75, 3.05) is 73.6 Å². The fourth-order valence-corrected chi connectivity index (χ4v) is 8.09. The van der Waals surface area contributed by atoms with Gasteiger partial charge in [0.25, 0.3) is 5.56 Å². The number of aromatic nitrogens is 2.